The number of rotatable bonds is 3. The number of hydrogen-bond donors (Lipinski definition) is 2. The first-order valence-corrected chi connectivity index (χ1v) is 6.62. The fraction of sp³-hybridized carbons (Fsp3) is 0.200. The van der Waals surface area contributed by atoms with Crippen molar-refractivity contribution in [3.63, 3.8) is 0 Å². The molecule has 0 aliphatic rings. The predicted molar refractivity (Wildman–Crippen MR) is 83.2 cm³/mol. The van der Waals surface area contributed by atoms with Crippen LogP contribution >= 0.6 is 12.2 Å². The molecule has 1 atom stereocenters. The summed E-state index contributed by atoms with van der Waals surface area (Å²) in [5.41, 5.74) is 2.16. The molecule has 0 amide bonds. The second-order valence-corrected chi connectivity index (χ2v) is 4.80. The highest BCUT2D eigenvalue weighted by Crippen LogP contribution is 2.11. The van der Waals surface area contributed by atoms with Crippen molar-refractivity contribution in [1.29, 1.82) is 0 Å². The molecule has 0 saturated carbocycles. The van der Waals surface area contributed by atoms with Gasteiger partial charge in [0.25, 0.3) is 0 Å². The lowest BCUT2D eigenvalue weighted by Crippen LogP contribution is -2.31. The summed E-state index contributed by atoms with van der Waals surface area (Å²) in [7, 11) is 0. The maximum absolute atomic E-state index is 5.29. The van der Waals surface area contributed by atoms with Crippen LogP contribution in [0.1, 0.15) is 24.2 Å². The molecule has 19 heavy (non-hydrogen) atoms. The molecule has 2 N–H and O–H groups in total. The zero-order chi connectivity index (χ0) is 13.7. The van der Waals surface area contributed by atoms with Gasteiger partial charge in [-0.15, -0.1) is 0 Å². The summed E-state index contributed by atoms with van der Waals surface area (Å²) in [4.78, 5) is 4.35. The molecule has 0 aliphatic carbocycles. The van der Waals surface area contributed by atoms with Crippen LogP contribution in [0.2, 0.25) is 0 Å². The molecule has 0 unspecified atom stereocenters. The third kappa shape index (κ3) is 4.03. The van der Waals surface area contributed by atoms with Crippen molar-refractivity contribution in [2.45, 2.75) is 19.9 Å². The Morgan fingerprint density at radius 3 is 2.53 bits per heavy atom. The molecule has 0 saturated heterocycles. The monoisotopic (exact) mass is 271 g/mol. The molecule has 0 bridgehead atoms. The van der Waals surface area contributed by atoms with Crippen LogP contribution in [0.15, 0.2) is 48.5 Å². The van der Waals surface area contributed by atoms with Crippen molar-refractivity contribution in [2.24, 2.45) is 0 Å². The Hall–Kier alpha value is -1.94. The van der Waals surface area contributed by atoms with Gasteiger partial charge in [0.15, 0.2) is 5.11 Å². The molecular weight excluding hydrogens is 254 g/mol. The third-order valence-corrected chi connectivity index (χ3v) is 3.00. The maximum atomic E-state index is 5.29. The van der Waals surface area contributed by atoms with Crippen LogP contribution in [0, 0.1) is 6.92 Å². The van der Waals surface area contributed by atoms with E-state index in [0.29, 0.717) is 5.11 Å². The molecule has 1 aromatic heterocycles. The van der Waals surface area contributed by atoms with Crippen molar-refractivity contribution in [1.82, 2.24) is 10.3 Å². The van der Waals surface area contributed by atoms with Gasteiger partial charge in [-0.05, 0) is 43.8 Å². The topological polar surface area (TPSA) is 37.0 Å². The Bertz CT molecular complexity index is 554. The summed E-state index contributed by atoms with van der Waals surface area (Å²) in [6, 6.07) is 16.2. The number of benzene rings is 1. The number of thiocarbonyl (C=S) groups is 1. The Balaban J connectivity index is 1.95. The van der Waals surface area contributed by atoms with Crippen molar-refractivity contribution in [3.8, 4) is 0 Å². The molecule has 1 heterocycles. The molecule has 0 spiro atoms. The molecule has 2 aromatic rings. The van der Waals surface area contributed by atoms with Gasteiger partial charge in [0, 0.05) is 5.69 Å². The van der Waals surface area contributed by atoms with E-state index in [1.807, 2.05) is 43.3 Å². The molecule has 98 valence electrons. The molecule has 0 radical (unpaired) electrons. The first kappa shape index (κ1) is 13.5. The van der Waals surface area contributed by atoms with E-state index < -0.39 is 0 Å². The molecule has 1 aromatic carbocycles. The average Bonchev–Trinajstić information content (AvgIpc) is 2.39. The minimum absolute atomic E-state index is 0.158. The summed E-state index contributed by atoms with van der Waals surface area (Å²) >= 11 is 5.29. The summed E-state index contributed by atoms with van der Waals surface area (Å²) in [5.74, 6) is 0.762. The second kappa shape index (κ2) is 6.29. The van der Waals surface area contributed by atoms with Crippen LogP contribution in [0.3, 0.4) is 0 Å². The van der Waals surface area contributed by atoms with Gasteiger partial charge in [0.2, 0.25) is 0 Å². The number of aryl methyl sites for hydroxylation is 1. The van der Waals surface area contributed by atoms with Crippen molar-refractivity contribution in [3.05, 3.63) is 59.8 Å². The van der Waals surface area contributed by atoms with Gasteiger partial charge in [0.1, 0.15) is 5.82 Å². The number of aromatic nitrogens is 1. The van der Waals surface area contributed by atoms with E-state index >= 15 is 0 Å². The Morgan fingerprint density at radius 2 is 1.84 bits per heavy atom. The predicted octanol–water partition coefficient (Wildman–Crippen LogP) is 3.44. The van der Waals surface area contributed by atoms with Crippen LogP contribution in [0.5, 0.6) is 0 Å². The van der Waals surface area contributed by atoms with E-state index in [0.717, 1.165) is 11.5 Å². The SMILES string of the molecule is Cc1cccc(NC(=S)N[C@@H](C)c2ccccc2)n1. The van der Waals surface area contributed by atoms with Crippen LogP contribution in [0.4, 0.5) is 5.82 Å². The molecule has 0 aliphatic heterocycles. The van der Waals surface area contributed by atoms with Gasteiger partial charge < -0.3 is 10.6 Å². The van der Waals surface area contributed by atoms with Gasteiger partial charge in [-0.3, -0.25) is 0 Å². The first-order chi connectivity index (χ1) is 9.15. The third-order valence-electron chi connectivity index (χ3n) is 2.78. The van der Waals surface area contributed by atoms with Crippen LogP contribution in [-0.4, -0.2) is 10.1 Å². The van der Waals surface area contributed by atoms with E-state index in [2.05, 4.69) is 34.7 Å². The fourth-order valence-corrected chi connectivity index (χ4v) is 2.07. The smallest absolute Gasteiger partial charge is 0.172 e. The maximum Gasteiger partial charge on any atom is 0.172 e. The van der Waals surface area contributed by atoms with E-state index in [4.69, 9.17) is 12.2 Å². The largest absolute Gasteiger partial charge is 0.356 e. The van der Waals surface area contributed by atoms with Gasteiger partial charge in [0.05, 0.1) is 6.04 Å². The van der Waals surface area contributed by atoms with Crippen molar-refractivity contribution in [2.75, 3.05) is 5.32 Å². The lowest BCUT2D eigenvalue weighted by molar-refractivity contribution is 0.722. The average molecular weight is 271 g/mol. The summed E-state index contributed by atoms with van der Waals surface area (Å²) in [5, 5.41) is 6.92. The standard InChI is InChI=1S/C15H17N3S/c1-11-7-6-10-14(16-11)18-15(19)17-12(2)13-8-4-3-5-9-13/h3-10,12H,1-2H3,(H2,16,17,18,19)/t12-/m0/s1. The quantitative estimate of drug-likeness (QED) is 0.839. The number of pyridine rings is 1. The highest BCUT2D eigenvalue weighted by atomic mass is 32.1. The van der Waals surface area contributed by atoms with Gasteiger partial charge in [-0.1, -0.05) is 36.4 Å². The number of anilines is 1. The zero-order valence-corrected chi connectivity index (χ0v) is 11.9. The summed E-state index contributed by atoms with van der Waals surface area (Å²) in [6.07, 6.45) is 0. The molecule has 0 fully saturated rings. The van der Waals surface area contributed by atoms with Gasteiger partial charge >= 0.3 is 0 Å². The van der Waals surface area contributed by atoms with E-state index in [9.17, 15) is 0 Å². The van der Waals surface area contributed by atoms with Gasteiger partial charge in [-0.2, -0.15) is 0 Å². The Kier molecular flexibility index (Phi) is 4.47. The van der Waals surface area contributed by atoms with E-state index in [1.165, 1.54) is 5.56 Å². The van der Waals surface area contributed by atoms with E-state index in [1.54, 1.807) is 0 Å². The van der Waals surface area contributed by atoms with Crippen LogP contribution < -0.4 is 10.6 Å². The lowest BCUT2D eigenvalue weighted by atomic mass is 10.1. The fourth-order valence-electron chi connectivity index (χ4n) is 1.79. The van der Waals surface area contributed by atoms with Crippen LogP contribution in [0.25, 0.3) is 0 Å². The van der Waals surface area contributed by atoms with Crippen molar-refractivity contribution >= 4 is 23.1 Å². The van der Waals surface area contributed by atoms with Gasteiger partial charge in [-0.25, -0.2) is 4.98 Å². The Labute approximate surface area is 119 Å². The normalized spacial score (nSPS) is 11.7. The summed E-state index contributed by atoms with van der Waals surface area (Å²) < 4.78 is 0. The Morgan fingerprint density at radius 1 is 1.11 bits per heavy atom. The van der Waals surface area contributed by atoms with Crippen molar-refractivity contribution < 1.29 is 0 Å². The molecular formula is C15H17N3S. The number of nitrogens with zero attached hydrogens (tertiary/aromatic N) is 1. The number of nitrogens with one attached hydrogen (secondary N) is 2. The van der Waals surface area contributed by atoms with Crippen LogP contribution in [-0.2, 0) is 0 Å². The summed E-state index contributed by atoms with van der Waals surface area (Å²) in [6.45, 7) is 4.03. The molecule has 4 heteroatoms. The second-order valence-electron chi connectivity index (χ2n) is 4.40. The minimum Gasteiger partial charge on any atom is -0.356 e. The lowest BCUT2D eigenvalue weighted by Gasteiger charge is -2.17. The molecule has 2 rings (SSSR count). The highest BCUT2D eigenvalue weighted by Gasteiger charge is 2.06. The zero-order valence-electron chi connectivity index (χ0n) is 11.1. The first-order valence-electron chi connectivity index (χ1n) is 6.21. The van der Waals surface area contributed by atoms with E-state index in [-0.39, 0.29) is 6.04 Å². The highest BCUT2D eigenvalue weighted by molar-refractivity contribution is 7.80. The minimum atomic E-state index is 0.158. The molecule has 3 nitrogen and oxygen atoms in total. The number of hydrogen-bond acceptors (Lipinski definition) is 2.